The topological polar surface area (TPSA) is 49.3 Å². The van der Waals surface area contributed by atoms with Gasteiger partial charge in [0.05, 0.1) is 4.88 Å². The maximum atomic E-state index is 13.1. The standard InChI is InChI=1S/C23H24N4OS/c28-23(27-14-9-17-4-1-2-5-19(17)16-27)18-10-12-26(13-11-18)22-8-7-20(24-25-22)21-6-3-15-29-21/h1-8,15,18H,9-14,16H2. The van der Waals surface area contributed by atoms with Gasteiger partial charge in [-0.15, -0.1) is 21.5 Å². The predicted molar refractivity (Wildman–Crippen MR) is 116 cm³/mol. The summed E-state index contributed by atoms with van der Waals surface area (Å²) in [6.07, 6.45) is 2.73. The third kappa shape index (κ3) is 3.77. The molecular formula is C23H24N4OS. The molecule has 0 unspecified atom stereocenters. The van der Waals surface area contributed by atoms with Crippen LogP contribution in [0.3, 0.4) is 0 Å². The first-order valence-electron chi connectivity index (χ1n) is 10.3. The summed E-state index contributed by atoms with van der Waals surface area (Å²) in [5.74, 6) is 1.34. The van der Waals surface area contributed by atoms with Gasteiger partial charge < -0.3 is 9.80 Å². The molecule has 5 rings (SSSR count). The number of thiophene rings is 1. The van der Waals surface area contributed by atoms with E-state index in [1.807, 2.05) is 23.6 Å². The first-order chi connectivity index (χ1) is 14.3. The minimum Gasteiger partial charge on any atom is -0.355 e. The number of nitrogens with zero attached hydrogens (tertiary/aromatic N) is 4. The Morgan fingerprint density at radius 3 is 2.48 bits per heavy atom. The maximum absolute atomic E-state index is 13.1. The van der Waals surface area contributed by atoms with Gasteiger partial charge in [-0.05, 0) is 54.0 Å². The predicted octanol–water partition coefficient (Wildman–Crippen LogP) is 4.01. The van der Waals surface area contributed by atoms with Gasteiger partial charge in [-0.3, -0.25) is 4.79 Å². The highest BCUT2D eigenvalue weighted by molar-refractivity contribution is 7.13. The molecule has 0 atom stereocenters. The van der Waals surface area contributed by atoms with E-state index in [1.165, 1.54) is 11.1 Å². The van der Waals surface area contributed by atoms with E-state index in [-0.39, 0.29) is 5.92 Å². The third-order valence-electron chi connectivity index (χ3n) is 6.03. The summed E-state index contributed by atoms with van der Waals surface area (Å²) in [7, 11) is 0. The van der Waals surface area contributed by atoms with Crippen LogP contribution in [0.2, 0.25) is 0 Å². The van der Waals surface area contributed by atoms with E-state index in [0.29, 0.717) is 5.91 Å². The molecule has 1 amide bonds. The van der Waals surface area contributed by atoms with Crippen molar-refractivity contribution in [3.8, 4) is 10.6 Å². The molecule has 0 bridgehead atoms. The minimum absolute atomic E-state index is 0.120. The summed E-state index contributed by atoms with van der Waals surface area (Å²) in [5, 5.41) is 10.9. The van der Waals surface area contributed by atoms with Crippen LogP contribution in [0.25, 0.3) is 10.6 Å². The Hall–Kier alpha value is -2.73. The second-order valence-corrected chi connectivity index (χ2v) is 8.74. The fraction of sp³-hybridized carbons (Fsp3) is 0.348. The minimum atomic E-state index is 0.120. The number of carbonyl (C=O) groups excluding carboxylic acids is 1. The molecule has 1 aromatic carbocycles. The number of hydrogen-bond donors (Lipinski definition) is 0. The van der Waals surface area contributed by atoms with Crippen LogP contribution in [0.1, 0.15) is 24.0 Å². The number of rotatable bonds is 3. The number of fused-ring (bicyclic) bond motifs is 1. The fourth-order valence-corrected chi connectivity index (χ4v) is 5.04. The van der Waals surface area contributed by atoms with Crippen LogP contribution < -0.4 is 4.90 Å². The Labute approximate surface area is 175 Å². The van der Waals surface area contributed by atoms with E-state index in [9.17, 15) is 4.79 Å². The van der Waals surface area contributed by atoms with Gasteiger partial charge in [0.15, 0.2) is 5.82 Å². The molecule has 3 aromatic rings. The zero-order chi connectivity index (χ0) is 19.6. The van der Waals surface area contributed by atoms with Crippen LogP contribution in [0.15, 0.2) is 53.9 Å². The lowest BCUT2D eigenvalue weighted by molar-refractivity contribution is -0.137. The molecule has 0 saturated carbocycles. The van der Waals surface area contributed by atoms with Crippen molar-refractivity contribution < 1.29 is 4.79 Å². The van der Waals surface area contributed by atoms with E-state index in [2.05, 4.69) is 50.3 Å². The Morgan fingerprint density at radius 2 is 1.76 bits per heavy atom. The zero-order valence-electron chi connectivity index (χ0n) is 16.3. The highest BCUT2D eigenvalue weighted by atomic mass is 32.1. The van der Waals surface area contributed by atoms with Crippen molar-refractivity contribution in [1.29, 1.82) is 0 Å². The van der Waals surface area contributed by atoms with Gasteiger partial charge in [-0.25, -0.2) is 0 Å². The molecule has 29 heavy (non-hydrogen) atoms. The first kappa shape index (κ1) is 18.3. The zero-order valence-corrected chi connectivity index (χ0v) is 17.1. The Morgan fingerprint density at radius 1 is 0.931 bits per heavy atom. The molecule has 6 heteroatoms. The quantitative estimate of drug-likeness (QED) is 0.662. The van der Waals surface area contributed by atoms with E-state index >= 15 is 0 Å². The van der Waals surface area contributed by atoms with Crippen molar-refractivity contribution in [1.82, 2.24) is 15.1 Å². The molecule has 0 radical (unpaired) electrons. The van der Waals surface area contributed by atoms with Gasteiger partial charge in [-0.2, -0.15) is 0 Å². The summed E-state index contributed by atoms with van der Waals surface area (Å²) in [6.45, 7) is 3.30. The molecule has 5 nitrogen and oxygen atoms in total. The van der Waals surface area contributed by atoms with Crippen molar-refractivity contribution in [2.24, 2.45) is 5.92 Å². The van der Waals surface area contributed by atoms with Gasteiger partial charge in [0.1, 0.15) is 5.69 Å². The van der Waals surface area contributed by atoms with Crippen LogP contribution in [0, 0.1) is 5.92 Å². The first-order valence-corrected chi connectivity index (χ1v) is 11.1. The number of aromatic nitrogens is 2. The van der Waals surface area contributed by atoms with Crippen LogP contribution in [0.5, 0.6) is 0 Å². The highest BCUT2D eigenvalue weighted by Crippen LogP contribution is 2.27. The van der Waals surface area contributed by atoms with Crippen molar-refractivity contribution in [3.05, 3.63) is 65.0 Å². The highest BCUT2D eigenvalue weighted by Gasteiger charge is 2.30. The Balaban J connectivity index is 1.19. The SMILES string of the molecule is O=C(C1CCN(c2ccc(-c3cccs3)nn2)CC1)N1CCc2ccccc2C1. The lowest BCUT2D eigenvalue weighted by atomic mass is 9.93. The fourth-order valence-electron chi connectivity index (χ4n) is 4.35. The molecule has 2 aliphatic heterocycles. The van der Waals surface area contributed by atoms with Gasteiger partial charge >= 0.3 is 0 Å². The van der Waals surface area contributed by atoms with Gasteiger partial charge in [0.25, 0.3) is 0 Å². The summed E-state index contributed by atoms with van der Waals surface area (Å²) in [6, 6.07) is 16.7. The van der Waals surface area contributed by atoms with E-state index in [1.54, 1.807) is 11.3 Å². The lowest BCUT2D eigenvalue weighted by Crippen LogP contribution is -2.44. The molecule has 1 saturated heterocycles. The van der Waals surface area contributed by atoms with Gasteiger partial charge in [-0.1, -0.05) is 30.3 Å². The average molecular weight is 405 g/mol. The number of carbonyl (C=O) groups is 1. The summed E-state index contributed by atoms with van der Waals surface area (Å²) in [5.41, 5.74) is 3.60. The number of hydrogen-bond acceptors (Lipinski definition) is 5. The second kappa shape index (κ2) is 7.95. The lowest BCUT2D eigenvalue weighted by Gasteiger charge is -2.36. The monoisotopic (exact) mass is 404 g/mol. The van der Waals surface area contributed by atoms with Crippen molar-refractivity contribution >= 4 is 23.1 Å². The maximum Gasteiger partial charge on any atom is 0.226 e. The molecule has 4 heterocycles. The molecule has 0 spiro atoms. The summed E-state index contributed by atoms with van der Waals surface area (Å²) < 4.78 is 0. The normalized spacial score (nSPS) is 17.2. The largest absolute Gasteiger partial charge is 0.355 e. The molecule has 0 aliphatic carbocycles. The second-order valence-electron chi connectivity index (χ2n) is 7.79. The molecule has 148 valence electrons. The molecule has 0 N–H and O–H groups in total. The van der Waals surface area contributed by atoms with E-state index < -0.39 is 0 Å². The number of benzene rings is 1. The van der Waals surface area contributed by atoms with Gasteiger partial charge in [0.2, 0.25) is 5.91 Å². The van der Waals surface area contributed by atoms with Crippen molar-refractivity contribution in [2.75, 3.05) is 24.5 Å². The van der Waals surface area contributed by atoms with E-state index in [0.717, 1.165) is 61.8 Å². The van der Waals surface area contributed by atoms with Crippen molar-refractivity contribution in [3.63, 3.8) is 0 Å². The van der Waals surface area contributed by atoms with E-state index in [4.69, 9.17) is 0 Å². The third-order valence-corrected chi connectivity index (χ3v) is 6.93. The number of amides is 1. The average Bonchev–Trinajstić information content (AvgIpc) is 3.33. The van der Waals surface area contributed by atoms with Crippen LogP contribution in [-0.2, 0) is 17.8 Å². The summed E-state index contributed by atoms with van der Waals surface area (Å²) in [4.78, 5) is 18.5. The van der Waals surface area contributed by atoms with Crippen LogP contribution in [0.4, 0.5) is 5.82 Å². The summed E-state index contributed by atoms with van der Waals surface area (Å²) >= 11 is 1.67. The Kier molecular flexibility index (Phi) is 5.02. The van der Waals surface area contributed by atoms with Crippen LogP contribution in [-0.4, -0.2) is 40.6 Å². The Bertz CT molecular complexity index is 978. The molecular weight excluding hydrogens is 380 g/mol. The van der Waals surface area contributed by atoms with Gasteiger partial charge in [0, 0.05) is 32.1 Å². The smallest absolute Gasteiger partial charge is 0.226 e. The van der Waals surface area contributed by atoms with Crippen molar-refractivity contribution in [2.45, 2.75) is 25.8 Å². The number of anilines is 1. The number of piperidine rings is 1. The molecule has 2 aromatic heterocycles. The van der Waals surface area contributed by atoms with Crippen LogP contribution >= 0.6 is 11.3 Å². The molecule has 2 aliphatic rings. The molecule has 1 fully saturated rings.